The van der Waals surface area contributed by atoms with Gasteiger partial charge in [-0.3, -0.25) is 14.5 Å². The van der Waals surface area contributed by atoms with Crippen molar-refractivity contribution in [1.82, 2.24) is 0 Å². The molecule has 0 radical (unpaired) electrons. The smallest absolute Gasteiger partial charge is 0.170 e. The number of hydrogen-bond acceptors (Lipinski definition) is 2. The highest BCUT2D eigenvalue weighted by atomic mass is 19.0. The van der Waals surface area contributed by atoms with Gasteiger partial charge in [-0.05, 0) is 12.1 Å². The molecule has 1 aliphatic rings. The van der Waals surface area contributed by atoms with E-state index in [1.54, 1.807) is 6.21 Å². The minimum absolute atomic E-state index is 0. The van der Waals surface area contributed by atoms with Gasteiger partial charge in [0.1, 0.15) is 0 Å². The average Bonchev–Trinajstić information content (AvgIpc) is 2.06. The number of benzene rings is 1. The minimum atomic E-state index is 0. The topological polar surface area (TPSA) is 29.4 Å². The first-order chi connectivity index (χ1) is 5.38. The van der Waals surface area contributed by atoms with Crippen LogP contribution < -0.4 is 0 Å². The van der Waals surface area contributed by atoms with Crippen molar-refractivity contribution >= 4 is 17.7 Å². The quantitative estimate of drug-likeness (QED) is 0.579. The maximum atomic E-state index is 11.2. The molecule has 62 valence electrons. The van der Waals surface area contributed by atoms with Crippen molar-refractivity contribution in [3.63, 3.8) is 0 Å². The Morgan fingerprint density at radius 3 is 2.75 bits per heavy atom. The van der Waals surface area contributed by atoms with E-state index < -0.39 is 0 Å². The zero-order valence-electron chi connectivity index (χ0n) is 6.36. The third-order valence-corrected chi connectivity index (χ3v) is 1.71. The lowest BCUT2D eigenvalue weighted by molar-refractivity contribution is 0.100. The molecule has 1 heterocycles. The van der Waals surface area contributed by atoms with Gasteiger partial charge in [-0.1, -0.05) is 12.1 Å². The molecule has 0 saturated heterocycles. The zero-order valence-corrected chi connectivity index (χ0v) is 6.36. The molecule has 0 N–H and O–H groups in total. The van der Waals surface area contributed by atoms with Gasteiger partial charge in [-0.25, -0.2) is 0 Å². The van der Waals surface area contributed by atoms with Crippen LogP contribution in [0.2, 0.25) is 0 Å². The number of hydrogen-bond donors (Lipinski definition) is 0. The maximum absolute atomic E-state index is 11.2. The van der Waals surface area contributed by atoms with Crippen LogP contribution in [-0.2, 0) is 0 Å². The van der Waals surface area contributed by atoms with Gasteiger partial charge in [0.2, 0.25) is 0 Å². The Bertz CT molecular complexity index is 333. The molecule has 0 saturated carbocycles. The Hall–Kier alpha value is -1.51. The van der Waals surface area contributed by atoms with Gasteiger partial charge in [-0.2, -0.15) is 0 Å². The molecule has 1 aliphatic heterocycles. The van der Waals surface area contributed by atoms with E-state index in [0.717, 1.165) is 11.3 Å². The number of rotatable bonds is 0. The summed E-state index contributed by atoms with van der Waals surface area (Å²) < 4.78 is 0. The number of Topliss-reactive ketones (excluding diaryl/α,β-unsaturated/α-hetero) is 1. The summed E-state index contributed by atoms with van der Waals surface area (Å²) in [4.78, 5) is 15.3. The van der Waals surface area contributed by atoms with Crippen LogP contribution >= 0.6 is 0 Å². The van der Waals surface area contributed by atoms with Crippen LogP contribution in [-0.4, -0.2) is 12.0 Å². The second kappa shape index (κ2) is 3.26. The first kappa shape index (κ1) is 8.59. The molecule has 12 heavy (non-hydrogen) atoms. The summed E-state index contributed by atoms with van der Waals surface area (Å²) in [5.74, 6) is 0.163. The summed E-state index contributed by atoms with van der Waals surface area (Å²) in [5, 5.41) is 0. The number of carbonyl (C=O) groups is 1. The molecule has 0 fully saturated rings. The lowest BCUT2D eigenvalue weighted by Crippen LogP contribution is -2.03. The molecule has 1 aromatic rings. The summed E-state index contributed by atoms with van der Waals surface area (Å²) in [7, 11) is 0. The van der Waals surface area contributed by atoms with E-state index in [1.165, 1.54) is 0 Å². The van der Waals surface area contributed by atoms with Crippen LogP contribution in [0.1, 0.15) is 16.8 Å². The van der Waals surface area contributed by atoms with Crippen LogP contribution in [0.15, 0.2) is 29.3 Å². The largest absolute Gasteiger partial charge is 0.294 e. The molecule has 0 atom stereocenters. The number of halogens is 1. The minimum Gasteiger partial charge on any atom is -0.294 e. The van der Waals surface area contributed by atoms with E-state index in [1.807, 2.05) is 24.3 Å². The summed E-state index contributed by atoms with van der Waals surface area (Å²) >= 11 is 0. The standard InChI is InChI=1S/C9H7NO.FH/c11-9-5-6-10-8-4-2-1-3-7(8)9;/h1-4,6H,5H2;1H. The van der Waals surface area contributed by atoms with Crippen LogP contribution in [0, 0.1) is 0 Å². The molecule has 0 bridgehead atoms. The molecule has 0 aliphatic carbocycles. The fourth-order valence-electron chi connectivity index (χ4n) is 1.16. The summed E-state index contributed by atoms with van der Waals surface area (Å²) in [6.45, 7) is 0. The highest BCUT2D eigenvalue weighted by Crippen LogP contribution is 2.22. The first-order valence-electron chi connectivity index (χ1n) is 3.53. The molecular weight excluding hydrogens is 157 g/mol. The monoisotopic (exact) mass is 165 g/mol. The predicted molar refractivity (Wildman–Crippen MR) is 46.0 cm³/mol. The van der Waals surface area contributed by atoms with E-state index in [0.29, 0.717) is 6.42 Å². The highest BCUT2D eigenvalue weighted by molar-refractivity contribution is 6.09. The summed E-state index contributed by atoms with van der Waals surface area (Å²) in [5.41, 5.74) is 1.54. The number of ketones is 1. The van der Waals surface area contributed by atoms with Crippen molar-refractivity contribution in [3.8, 4) is 0 Å². The van der Waals surface area contributed by atoms with Crippen LogP contribution in [0.5, 0.6) is 0 Å². The maximum Gasteiger partial charge on any atom is 0.170 e. The summed E-state index contributed by atoms with van der Waals surface area (Å²) in [6, 6.07) is 7.41. The summed E-state index contributed by atoms with van der Waals surface area (Å²) in [6.07, 6.45) is 2.10. The molecule has 0 amide bonds. The molecule has 2 nitrogen and oxygen atoms in total. The number of carbonyl (C=O) groups excluding carboxylic acids is 1. The lowest BCUT2D eigenvalue weighted by Gasteiger charge is -2.06. The predicted octanol–water partition coefficient (Wildman–Crippen LogP) is 2.13. The molecule has 3 heteroatoms. The number of aliphatic imine (C=N–C) groups is 1. The van der Waals surface area contributed by atoms with E-state index in [9.17, 15) is 4.79 Å². The SMILES string of the molecule is F.O=C1CC=Nc2ccccc21. The Morgan fingerprint density at radius 2 is 2.00 bits per heavy atom. The van der Waals surface area contributed by atoms with Gasteiger partial charge < -0.3 is 0 Å². The second-order valence-electron chi connectivity index (χ2n) is 2.46. The van der Waals surface area contributed by atoms with Crippen molar-refractivity contribution in [2.75, 3.05) is 0 Å². The lowest BCUT2D eigenvalue weighted by atomic mass is 10.0. The Kier molecular flexibility index (Phi) is 2.33. The Balaban J connectivity index is 0.000000720. The van der Waals surface area contributed by atoms with E-state index in [-0.39, 0.29) is 10.5 Å². The zero-order chi connectivity index (χ0) is 7.68. The fraction of sp³-hybridized carbons (Fsp3) is 0.111. The van der Waals surface area contributed by atoms with E-state index >= 15 is 0 Å². The van der Waals surface area contributed by atoms with Gasteiger partial charge in [0.05, 0.1) is 5.69 Å². The van der Waals surface area contributed by atoms with Gasteiger partial charge in [-0.15, -0.1) is 0 Å². The Morgan fingerprint density at radius 1 is 1.25 bits per heavy atom. The van der Waals surface area contributed by atoms with Gasteiger partial charge >= 0.3 is 0 Å². The molecule has 0 spiro atoms. The molecular formula is C9H8FNO. The first-order valence-corrected chi connectivity index (χ1v) is 3.53. The van der Waals surface area contributed by atoms with Crippen LogP contribution in [0.4, 0.5) is 10.4 Å². The Labute approximate surface area is 69.3 Å². The average molecular weight is 165 g/mol. The highest BCUT2D eigenvalue weighted by Gasteiger charge is 2.11. The van der Waals surface area contributed by atoms with E-state index in [2.05, 4.69) is 4.99 Å². The van der Waals surface area contributed by atoms with Gasteiger partial charge in [0, 0.05) is 18.2 Å². The van der Waals surface area contributed by atoms with Crippen molar-refractivity contribution in [2.45, 2.75) is 6.42 Å². The molecule has 0 aromatic heterocycles. The van der Waals surface area contributed by atoms with Crippen molar-refractivity contribution in [2.24, 2.45) is 4.99 Å². The number of nitrogens with zero attached hydrogens (tertiary/aromatic N) is 1. The third-order valence-electron chi connectivity index (χ3n) is 1.71. The van der Waals surface area contributed by atoms with Crippen LogP contribution in [0.3, 0.4) is 0 Å². The normalized spacial score (nSPS) is 13.5. The van der Waals surface area contributed by atoms with Crippen molar-refractivity contribution < 1.29 is 9.50 Å². The number of para-hydroxylation sites is 1. The van der Waals surface area contributed by atoms with Gasteiger partial charge in [0.15, 0.2) is 5.78 Å². The van der Waals surface area contributed by atoms with E-state index in [4.69, 9.17) is 0 Å². The fourth-order valence-corrected chi connectivity index (χ4v) is 1.16. The van der Waals surface area contributed by atoms with Gasteiger partial charge in [0.25, 0.3) is 0 Å². The molecule has 0 unspecified atom stereocenters. The third kappa shape index (κ3) is 1.25. The number of fused-ring (bicyclic) bond motifs is 1. The molecule has 2 rings (SSSR count). The second-order valence-corrected chi connectivity index (χ2v) is 2.46. The van der Waals surface area contributed by atoms with Crippen LogP contribution in [0.25, 0.3) is 0 Å². The van der Waals surface area contributed by atoms with Crippen molar-refractivity contribution in [1.29, 1.82) is 0 Å². The molecule has 1 aromatic carbocycles. The van der Waals surface area contributed by atoms with Crippen molar-refractivity contribution in [3.05, 3.63) is 29.8 Å².